The van der Waals surface area contributed by atoms with E-state index in [0.29, 0.717) is 47.8 Å². The van der Waals surface area contributed by atoms with E-state index < -0.39 is 0 Å². The van der Waals surface area contributed by atoms with Crippen LogP contribution >= 0.6 is 0 Å². The average Bonchev–Trinajstić information content (AvgIpc) is 3.23. The third-order valence-electron chi connectivity index (χ3n) is 4.25. The molecular weight excluding hydrogens is 365 g/mol. The molecule has 2 amide bonds. The summed E-state index contributed by atoms with van der Waals surface area (Å²) in [6.07, 6.45) is 3.40. The van der Waals surface area contributed by atoms with Crippen molar-refractivity contribution in [1.29, 1.82) is 0 Å². The van der Waals surface area contributed by atoms with Gasteiger partial charge in [0.2, 0.25) is 0 Å². The molecule has 0 bridgehead atoms. The summed E-state index contributed by atoms with van der Waals surface area (Å²) in [4.78, 5) is 16.2. The summed E-state index contributed by atoms with van der Waals surface area (Å²) >= 11 is 0. The Morgan fingerprint density at radius 2 is 2.18 bits per heavy atom. The topological polar surface area (TPSA) is 90.3 Å². The van der Waals surface area contributed by atoms with Crippen molar-refractivity contribution in [2.24, 2.45) is 0 Å². The highest BCUT2D eigenvalue weighted by Crippen LogP contribution is 2.29. The molecule has 0 saturated carbocycles. The lowest BCUT2D eigenvalue weighted by Crippen LogP contribution is -2.31. The Hall–Kier alpha value is -3.46. The van der Waals surface area contributed by atoms with Gasteiger partial charge in [-0.3, -0.25) is 0 Å². The molecule has 0 aliphatic carbocycles. The summed E-state index contributed by atoms with van der Waals surface area (Å²) in [6.45, 7) is 0.767. The number of para-hydroxylation sites is 2. The summed E-state index contributed by atoms with van der Waals surface area (Å²) < 4.78 is 26.0. The molecule has 9 heteroatoms. The number of hydrogen-bond acceptors (Lipinski definition) is 5. The third-order valence-corrected chi connectivity index (χ3v) is 4.25. The Balaban J connectivity index is 1.38. The van der Waals surface area contributed by atoms with E-state index in [9.17, 15) is 9.18 Å². The van der Waals surface area contributed by atoms with Crippen LogP contribution in [0.15, 0.2) is 49.1 Å². The highest BCUT2D eigenvalue weighted by atomic mass is 19.1. The molecule has 0 fully saturated rings. The van der Waals surface area contributed by atoms with Gasteiger partial charge in [-0.15, -0.1) is 0 Å². The van der Waals surface area contributed by atoms with Gasteiger partial charge >= 0.3 is 6.03 Å². The second-order valence-corrected chi connectivity index (χ2v) is 6.15. The fourth-order valence-corrected chi connectivity index (χ4v) is 3.03. The van der Waals surface area contributed by atoms with E-state index in [1.54, 1.807) is 17.1 Å². The van der Waals surface area contributed by atoms with Crippen LogP contribution in [0.2, 0.25) is 0 Å². The highest BCUT2D eigenvalue weighted by Gasteiger charge is 2.17. The number of aromatic nitrogens is 3. The number of nitrogens with zero attached hydrogens (tertiary/aromatic N) is 3. The van der Waals surface area contributed by atoms with Gasteiger partial charge in [-0.1, -0.05) is 12.1 Å². The van der Waals surface area contributed by atoms with E-state index >= 15 is 0 Å². The number of anilines is 1. The first kappa shape index (κ1) is 17.9. The Morgan fingerprint density at radius 3 is 3.04 bits per heavy atom. The van der Waals surface area contributed by atoms with Crippen LogP contribution in [0.25, 0.3) is 5.69 Å². The number of carbonyl (C=O) groups excluding carboxylic acids is 1. The number of ether oxygens (including phenoxy) is 2. The van der Waals surface area contributed by atoms with Crippen molar-refractivity contribution in [1.82, 2.24) is 20.1 Å². The normalized spacial score (nSPS) is 12.8. The van der Waals surface area contributed by atoms with Crippen molar-refractivity contribution in [3.05, 3.63) is 66.0 Å². The fraction of sp³-hybridized carbons (Fsp3) is 0.211. The van der Waals surface area contributed by atoms with Crippen LogP contribution in [0.3, 0.4) is 0 Å². The first-order chi connectivity index (χ1) is 13.7. The van der Waals surface area contributed by atoms with E-state index in [0.717, 1.165) is 0 Å². The maximum Gasteiger partial charge on any atom is 0.319 e. The Kier molecular flexibility index (Phi) is 5.16. The predicted octanol–water partition coefficient (Wildman–Crippen LogP) is 2.64. The van der Waals surface area contributed by atoms with E-state index in [1.165, 1.54) is 18.5 Å². The van der Waals surface area contributed by atoms with Crippen molar-refractivity contribution in [2.45, 2.75) is 13.0 Å². The quantitative estimate of drug-likeness (QED) is 0.707. The number of halogens is 1. The zero-order chi connectivity index (χ0) is 19.3. The third kappa shape index (κ3) is 3.94. The monoisotopic (exact) mass is 383 g/mol. The molecule has 0 saturated heterocycles. The second-order valence-electron chi connectivity index (χ2n) is 6.15. The lowest BCUT2D eigenvalue weighted by molar-refractivity contribution is -0.0172. The van der Waals surface area contributed by atoms with E-state index in [2.05, 4.69) is 20.7 Å². The molecule has 2 heterocycles. The van der Waals surface area contributed by atoms with Crippen LogP contribution in [0.1, 0.15) is 11.1 Å². The largest absolute Gasteiger partial charge is 0.467 e. The van der Waals surface area contributed by atoms with E-state index in [1.807, 2.05) is 18.2 Å². The molecule has 28 heavy (non-hydrogen) atoms. The number of hydrogen-bond donors (Lipinski definition) is 2. The number of rotatable bonds is 5. The van der Waals surface area contributed by atoms with Crippen molar-refractivity contribution < 1.29 is 18.7 Å². The van der Waals surface area contributed by atoms with E-state index in [-0.39, 0.29) is 18.6 Å². The Bertz CT molecular complexity index is 978. The summed E-state index contributed by atoms with van der Waals surface area (Å²) in [6, 6.07) is 9.70. The summed E-state index contributed by atoms with van der Waals surface area (Å²) in [5.41, 5.74) is 2.66. The maximum absolute atomic E-state index is 13.8. The molecule has 1 aromatic heterocycles. The maximum atomic E-state index is 13.8. The Labute approximate surface area is 160 Å². The zero-order valence-corrected chi connectivity index (χ0v) is 14.9. The van der Waals surface area contributed by atoms with Crippen LogP contribution in [0.5, 0.6) is 5.75 Å². The number of urea groups is 1. The molecule has 2 N–H and O–H groups in total. The molecule has 144 valence electrons. The van der Waals surface area contributed by atoms with Crippen molar-refractivity contribution in [3.63, 3.8) is 0 Å². The molecular formula is C19H18FN5O3. The molecule has 1 aliphatic rings. The average molecular weight is 383 g/mol. The molecule has 1 aliphatic heterocycles. The smallest absolute Gasteiger partial charge is 0.319 e. The lowest BCUT2D eigenvalue weighted by Gasteiger charge is -2.21. The van der Waals surface area contributed by atoms with Gasteiger partial charge in [0.25, 0.3) is 0 Å². The van der Waals surface area contributed by atoms with Crippen LogP contribution in [-0.2, 0) is 17.8 Å². The van der Waals surface area contributed by atoms with E-state index in [4.69, 9.17) is 9.47 Å². The highest BCUT2D eigenvalue weighted by molar-refractivity contribution is 5.91. The lowest BCUT2D eigenvalue weighted by atomic mass is 10.1. The van der Waals surface area contributed by atoms with Gasteiger partial charge in [0.05, 0.1) is 18.0 Å². The van der Waals surface area contributed by atoms with Crippen molar-refractivity contribution >= 4 is 11.7 Å². The number of benzene rings is 2. The number of fused-ring (bicyclic) bond motifs is 1. The molecule has 4 rings (SSSR count). The Morgan fingerprint density at radius 1 is 1.29 bits per heavy atom. The first-order valence-electron chi connectivity index (χ1n) is 8.71. The van der Waals surface area contributed by atoms with Gasteiger partial charge in [-0.2, -0.15) is 5.10 Å². The standard InChI is InChI=1S/C19H18FN5O3/c20-15-7-13(18-14(8-15)9-27-12-28-18)5-6-22-19(26)24-16-3-1-2-4-17(16)25-11-21-10-23-25/h1-4,7-8,10-11H,5-6,9,12H2,(H2,22,24,26). The zero-order valence-electron chi connectivity index (χ0n) is 14.9. The number of amides is 2. The van der Waals surface area contributed by atoms with Crippen molar-refractivity contribution in [2.75, 3.05) is 18.7 Å². The van der Waals surface area contributed by atoms with Crippen LogP contribution in [0.4, 0.5) is 14.9 Å². The molecule has 3 aromatic rings. The number of nitrogens with one attached hydrogen (secondary N) is 2. The predicted molar refractivity (Wildman–Crippen MR) is 98.8 cm³/mol. The molecule has 0 spiro atoms. The summed E-state index contributed by atoms with van der Waals surface area (Å²) in [5, 5.41) is 9.65. The molecule has 2 aromatic carbocycles. The molecule has 0 atom stereocenters. The minimum Gasteiger partial charge on any atom is -0.467 e. The minimum absolute atomic E-state index is 0.138. The van der Waals surface area contributed by atoms with Crippen LogP contribution < -0.4 is 15.4 Å². The summed E-state index contributed by atoms with van der Waals surface area (Å²) in [5.74, 6) is 0.278. The van der Waals surface area contributed by atoms with Gasteiger partial charge in [-0.25, -0.2) is 18.9 Å². The molecule has 0 radical (unpaired) electrons. The minimum atomic E-state index is -0.373. The van der Waals surface area contributed by atoms with Crippen molar-refractivity contribution in [3.8, 4) is 11.4 Å². The number of carbonyl (C=O) groups is 1. The van der Waals surface area contributed by atoms with Gasteiger partial charge in [-0.05, 0) is 36.2 Å². The second kappa shape index (κ2) is 8.05. The van der Waals surface area contributed by atoms with Gasteiger partial charge in [0.1, 0.15) is 24.2 Å². The van der Waals surface area contributed by atoms with Gasteiger partial charge in [0.15, 0.2) is 6.79 Å². The molecule has 0 unspecified atom stereocenters. The fourth-order valence-electron chi connectivity index (χ4n) is 3.03. The summed E-state index contributed by atoms with van der Waals surface area (Å²) in [7, 11) is 0. The van der Waals surface area contributed by atoms with Gasteiger partial charge in [0, 0.05) is 12.1 Å². The van der Waals surface area contributed by atoms with Crippen LogP contribution in [-0.4, -0.2) is 34.1 Å². The van der Waals surface area contributed by atoms with Gasteiger partial charge < -0.3 is 20.1 Å². The van der Waals surface area contributed by atoms with Crippen LogP contribution in [0, 0.1) is 5.82 Å². The molecule has 8 nitrogen and oxygen atoms in total. The SMILES string of the molecule is O=C(NCCc1cc(F)cc2c1OCOC2)Nc1ccccc1-n1cncn1. The first-order valence-corrected chi connectivity index (χ1v) is 8.71.